The smallest absolute Gasteiger partial charge is 0.139 e. The predicted octanol–water partition coefficient (Wildman–Crippen LogP) is 3.03. The zero-order chi connectivity index (χ0) is 13.2. The highest BCUT2D eigenvalue weighted by Gasteiger charge is 2.10. The minimum Gasteiger partial charge on any atom is -0.384 e. The van der Waals surface area contributed by atoms with Crippen molar-refractivity contribution in [1.29, 1.82) is 0 Å². The third kappa shape index (κ3) is 2.20. The maximum Gasteiger partial charge on any atom is 0.139 e. The molecule has 0 saturated carbocycles. The first-order chi connectivity index (χ1) is 9.24. The van der Waals surface area contributed by atoms with E-state index >= 15 is 0 Å². The number of nitrogen functional groups attached to an aromatic ring is 1. The molecule has 4 nitrogen and oxygen atoms in total. The molecule has 0 bridgehead atoms. The number of aryl methyl sites for hydroxylation is 1. The van der Waals surface area contributed by atoms with E-state index in [2.05, 4.69) is 15.0 Å². The molecule has 0 atom stereocenters. The number of aromatic amines is 1. The van der Waals surface area contributed by atoms with Gasteiger partial charge in [-0.3, -0.25) is 0 Å². The quantitative estimate of drug-likeness (QED) is 0.734. The Morgan fingerprint density at radius 3 is 2.47 bits per heavy atom. The summed E-state index contributed by atoms with van der Waals surface area (Å²) in [7, 11) is 0. The molecule has 0 spiro atoms. The Kier molecular flexibility index (Phi) is 2.76. The van der Waals surface area contributed by atoms with Gasteiger partial charge in [-0.05, 0) is 19.1 Å². The van der Waals surface area contributed by atoms with Crippen LogP contribution in [-0.2, 0) is 0 Å². The van der Waals surface area contributed by atoms with Crippen LogP contribution in [0.4, 0.5) is 5.82 Å². The molecule has 3 aromatic rings. The molecule has 2 aromatic heterocycles. The van der Waals surface area contributed by atoms with Gasteiger partial charge in [0.1, 0.15) is 11.6 Å². The summed E-state index contributed by atoms with van der Waals surface area (Å²) in [5, 5.41) is 0. The minimum atomic E-state index is 0.510. The molecule has 3 rings (SSSR count). The van der Waals surface area contributed by atoms with Gasteiger partial charge in [-0.1, -0.05) is 30.3 Å². The Hall–Kier alpha value is -2.62. The largest absolute Gasteiger partial charge is 0.384 e. The summed E-state index contributed by atoms with van der Waals surface area (Å²) >= 11 is 0. The molecule has 3 N–H and O–H groups in total. The summed E-state index contributed by atoms with van der Waals surface area (Å²) in [4.78, 5) is 12.0. The van der Waals surface area contributed by atoms with Crippen molar-refractivity contribution in [1.82, 2.24) is 15.0 Å². The molecule has 0 amide bonds. The van der Waals surface area contributed by atoms with Crippen molar-refractivity contribution in [3.8, 4) is 22.6 Å². The van der Waals surface area contributed by atoms with Crippen molar-refractivity contribution in [2.45, 2.75) is 6.92 Å². The van der Waals surface area contributed by atoms with Gasteiger partial charge < -0.3 is 10.7 Å². The van der Waals surface area contributed by atoms with Crippen LogP contribution in [0.15, 0.2) is 48.7 Å². The first kappa shape index (κ1) is 11.5. The van der Waals surface area contributed by atoms with Crippen molar-refractivity contribution in [2.75, 3.05) is 5.73 Å². The number of anilines is 1. The van der Waals surface area contributed by atoms with E-state index in [1.165, 1.54) is 0 Å². The van der Waals surface area contributed by atoms with E-state index in [9.17, 15) is 0 Å². The maximum atomic E-state index is 5.59. The average Bonchev–Trinajstić information content (AvgIpc) is 2.83. The molecule has 0 unspecified atom stereocenters. The normalized spacial score (nSPS) is 10.6. The number of aromatic nitrogens is 3. The third-order valence-electron chi connectivity index (χ3n) is 2.99. The van der Waals surface area contributed by atoms with Crippen LogP contribution in [0.3, 0.4) is 0 Å². The van der Waals surface area contributed by atoms with Crippen LogP contribution in [0.25, 0.3) is 22.6 Å². The van der Waals surface area contributed by atoms with Gasteiger partial charge in [0.25, 0.3) is 0 Å². The van der Waals surface area contributed by atoms with Gasteiger partial charge in [0.05, 0.1) is 5.69 Å². The Bertz CT molecular complexity index is 684. The van der Waals surface area contributed by atoms with E-state index in [1.54, 1.807) is 12.3 Å². The molecule has 0 saturated heterocycles. The van der Waals surface area contributed by atoms with Crippen LogP contribution in [-0.4, -0.2) is 15.0 Å². The van der Waals surface area contributed by atoms with Crippen molar-refractivity contribution >= 4 is 5.82 Å². The Labute approximate surface area is 111 Å². The summed E-state index contributed by atoms with van der Waals surface area (Å²) in [6.07, 6.45) is 1.72. The lowest BCUT2D eigenvalue weighted by molar-refractivity contribution is 1.24. The summed E-state index contributed by atoms with van der Waals surface area (Å²) in [5.74, 6) is 1.32. The lowest BCUT2D eigenvalue weighted by atomic mass is 10.1. The molecule has 0 aliphatic rings. The zero-order valence-electron chi connectivity index (χ0n) is 10.6. The van der Waals surface area contributed by atoms with Crippen LogP contribution in [0.5, 0.6) is 0 Å². The zero-order valence-corrected chi connectivity index (χ0v) is 10.6. The highest BCUT2D eigenvalue weighted by Crippen LogP contribution is 2.25. The van der Waals surface area contributed by atoms with Gasteiger partial charge in [0, 0.05) is 23.0 Å². The molecule has 0 aliphatic carbocycles. The number of hydrogen-bond donors (Lipinski definition) is 2. The van der Waals surface area contributed by atoms with Crippen molar-refractivity contribution in [2.24, 2.45) is 0 Å². The van der Waals surface area contributed by atoms with Gasteiger partial charge in [0.15, 0.2) is 0 Å². The highest BCUT2D eigenvalue weighted by molar-refractivity contribution is 5.67. The number of nitrogens with zero attached hydrogens (tertiary/aromatic N) is 2. The molecule has 19 heavy (non-hydrogen) atoms. The average molecular weight is 250 g/mol. The van der Waals surface area contributed by atoms with E-state index in [4.69, 9.17) is 5.73 Å². The molecule has 0 fully saturated rings. The Morgan fingerprint density at radius 1 is 1.00 bits per heavy atom. The Morgan fingerprint density at radius 2 is 1.79 bits per heavy atom. The number of nitrogens with one attached hydrogen (secondary N) is 1. The second-order valence-corrected chi connectivity index (χ2v) is 4.40. The molecule has 4 heteroatoms. The van der Waals surface area contributed by atoms with Gasteiger partial charge in [-0.15, -0.1) is 0 Å². The van der Waals surface area contributed by atoms with Crippen LogP contribution in [0.2, 0.25) is 0 Å². The number of H-pyrrole nitrogens is 1. The van der Waals surface area contributed by atoms with Crippen LogP contribution < -0.4 is 5.73 Å². The summed E-state index contributed by atoms with van der Waals surface area (Å²) in [5.41, 5.74) is 9.63. The van der Waals surface area contributed by atoms with Crippen LogP contribution in [0.1, 0.15) is 5.69 Å². The van der Waals surface area contributed by atoms with E-state index in [0.29, 0.717) is 5.82 Å². The molecule has 1 aromatic carbocycles. The predicted molar refractivity (Wildman–Crippen MR) is 76.4 cm³/mol. The first-order valence-electron chi connectivity index (χ1n) is 6.08. The highest BCUT2D eigenvalue weighted by atomic mass is 14.9. The summed E-state index contributed by atoms with van der Waals surface area (Å²) in [6, 6.07) is 13.8. The monoisotopic (exact) mass is 250 g/mol. The number of imidazole rings is 1. The fraction of sp³-hybridized carbons (Fsp3) is 0.0667. The number of pyridine rings is 1. The summed E-state index contributed by atoms with van der Waals surface area (Å²) < 4.78 is 0. The molecule has 0 radical (unpaired) electrons. The second kappa shape index (κ2) is 4.57. The van der Waals surface area contributed by atoms with E-state index < -0.39 is 0 Å². The van der Waals surface area contributed by atoms with E-state index in [1.807, 2.05) is 43.3 Å². The molecule has 2 heterocycles. The fourth-order valence-electron chi connectivity index (χ4n) is 2.02. The molecular weight excluding hydrogens is 236 g/mol. The van der Waals surface area contributed by atoms with Crippen LogP contribution >= 0.6 is 0 Å². The van der Waals surface area contributed by atoms with Crippen molar-refractivity contribution in [3.05, 3.63) is 54.4 Å². The number of nitrogens with two attached hydrogens (primary N) is 1. The molecular formula is C15H14N4. The number of benzene rings is 1. The molecule has 94 valence electrons. The van der Waals surface area contributed by atoms with Gasteiger partial charge in [-0.25, -0.2) is 9.97 Å². The van der Waals surface area contributed by atoms with Crippen LogP contribution in [0, 0.1) is 6.92 Å². The number of rotatable bonds is 2. The summed E-state index contributed by atoms with van der Waals surface area (Å²) in [6.45, 7) is 2.02. The molecule has 0 aliphatic heterocycles. The van der Waals surface area contributed by atoms with Gasteiger partial charge >= 0.3 is 0 Å². The van der Waals surface area contributed by atoms with E-state index in [0.717, 1.165) is 28.3 Å². The number of hydrogen-bond acceptors (Lipinski definition) is 3. The van der Waals surface area contributed by atoms with E-state index in [-0.39, 0.29) is 0 Å². The maximum absolute atomic E-state index is 5.59. The third-order valence-corrected chi connectivity index (χ3v) is 2.99. The van der Waals surface area contributed by atoms with Crippen molar-refractivity contribution < 1.29 is 0 Å². The SMILES string of the molecule is Cc1[nH]c(-c2ccc(N)nc2)nc1-c1ccccc1. The fourth-order valence-corrected chi connectivity index (χ4v) is 2.02. The lowest BCUT2D eigenvalue weighted by Crippen LogP contribution is -1.89. The topological polar surface area (TPSA) is 67.6 Å². The lowest BCUT2D eigenvalue weighted by Gasteiger charge is -1.97. The first-order valence-corrected chi connectivity index (χ1v) is 6.08. The van der Waals surface area contributed by atoms with Gasteiger partial charge in [-0.2, -0.15) is 0 Å². The standard InChI is InChI=1S/C15H14N4/c1-10-14(11-5-3-2-4-6-11)19-15(18-10)12-7-8-13(16)17-9-12/h2-9H,1H3,(H2,16,17)(H,18,19). The van der Waals surface area contributed by atoms with Gasteiger partial charge in [0.2, 0.25) is 0 Å². The second-order valence-electron chi connectivity index (χ2n) is 4.40. The Balaban J connectivity index is 2.04. The van der Waals surface area contributed by atoms with Crippen molar-refractivity contribution in [3.63, 3.8) is 0 Å². The minimum absolute atomic E-state index is 0.510.